The van der Waals surface area contributed by atoms with E-state index >= 15 is 0 Å². The Hall–Kier alpha value is -1.39. The lowest BCUT2D eigenvalue weighted by atomic mass is 9.96. The van der Waals surface area contributed by atoms with Crippen LogP contribution < -0.4 is 10.3 Å². The molecule has 1 unspecified atom stereocenters. The molecule has 2 aliphatic rings. The molecular formula is C15H21N3O. The van der Waals surface area contributed by atoms with Crippen molar-refractivity contribution < 1.29 is 4.79 Å². The zero-order chi connectivity index (χ0) is 13.2. The van der Waals surface area contributed by atoms with E-state index in [2.05, 4.69) is 16.5 Å². The van der Waals surface area contributed by atoms with Crippen LogP contribution in [-0.4, -0.2) is 31.1 Å². The lowest BCUT2D eigenvalue weighted by molar-refractivity contribution is -0.119. The summed E-state index contributed by atoms with van der Waals surface area (Å²) in [6.45, 7) is 2.17. The fourth-order valence-electron chi connectivity index (χ4n) is 3.00. The van der Waals surface area contributed by atoms with Gasteiger partial charge in [0.2, 0.25) is 5.91 Å². The van der Waals surface area contributed by atoms with Crippen molar-refractivity contribution in [2.24, 2.45) is 0 Å². The Kier molecular flexibility index (Phi) is 3.53. The second kappa shape index (κ2) is 5.31. The van der Waals surface area contributed by atoms with Gasteiger partial charge in [0.05, 0.1) is 6.04 Å². The molecular weight excluding hydrogens is 238 g/mol. The van der Waals surface area contributed by atoms with Crippen LogP contribution in [-0.2, 0) is 4.79 Å². The molecule has 1 N–H and O–H groups in total. The van der Waals surface area contributed by atoms with Gasteiger partial charge >= 0.3 is 0 Å². The van der Waals surface area contributed by atoms with Crippen LogP contribution in [0.1, 0.15) is 37.3 Å². The number of anilines is 1. The van der Waals surface area contributed by atoms with E-state index in [4.69, 9.17) is 0 Å². The minimum absolute atomic E-state index is 0.123. The Bertz CT molecular complexity index is 468. The number of piperidine rings is 1. The number of amides is 1. The highest BCUT2D eigenvalue weighted by Gasteiger charge is 2.30. The van der Waals surface area contributed by atoms with Crippen LogP contribution in [0.4, 0.5) is 5.69 Å². The molecule has 19 heavy (non-hydrogen) atoms. The Balaban J connectivity index is 1.81. The number of para-hydroxylation sites is 1. The number of nitrogens with zero attached hydrogens (tertiary/aromatic N) is 2. The molecule has 1 amide bonds. The predicted octanol–water partition coefficient (Wildman–Crippen LogP) is 2.08. The van der Waals surface area contributed by atoms with Crippen LogP contribution >= 0.6 is 0 Å². The lowest BCUT2D eigenvalue weighted by Crippen LogP contribution is -2.47. The summed E-state index contributed by atoms with van der Waals surface area (Å²) in [7, 11) is 1.86. The third kappa shape index (κ3) is 2.51. The lowest BCUT2D eigenvalue weighted by Gasteiger charge is -2.36. The van der Waals surface area contributed by atoms with Gasteiger partial charge in [-0.15, -0.1) is 0 Å². The van der Waals surface area contributed by atoms with Gasteiger partial charge in [-0.2, -0.15) is 0 Å². The second-order valence-electron chi connectivity index (χ2n) is 5.45. The summed E-state index contributed by atoms with van der Waals surface area (Å²) in [5.41, 5.74) is 5.82. The molecule has 1 fully saturated rings. The summed E-state index contributed by atoms with van der Waals surface area (Å²) < 4.78 is 0. The van der Waals surface area contributed by atoms with Crippen LogP contribution in [0.5, 0.6) is 0 Å². The maximum absolute atomic E-state index is 12.1. The average Bonchev–Trinajstić information content (AvgIpc) is 2.46. The second-order valence-corrected chi connectivity index (χ2v) is 5.45. The van der Waals surface area contributed by atoms with E-state index < -0.39 is 0 Å². The first kappa shape index (κ1) is 12.6. The Labute approximate surface area is 114 Å². The maximum atomic E-state index is 12.1. The molecule has 4 heteroatoms. The van der Waals surface area contributed by atoms with Gasteiger partial charge < -0.3 is 4.90 Å². The number of benzene rings is 1. The maximum Gasteiger partial charge on any atom is 0.228 e. The Morgan fingerprint density at radius 1 is 1.16 bits per heavy atom. The monoisotopic (exact) mass is 259 g/mol. The molecule has 3 rings (SSSR count). The average molecular weight is 259 g/mol. The molecule has 0 bridgehead atoms. The SMILES string of the molecule is CN1C(=O)CC(NN2CCCCC2)c2ccccc21. The summed E-state index contributed by atoms with van der Waals surface area (Å²) in [5.74, 6) is 0.188. The number of rotatable bonds is 2. The quantitative estimate of drug-likeness (QED) is 0.883. The van der Waals surface area contributed by atoms with E-state index in [0.29, 0.717) is 6.42 Å². The molecule has 1 aromatic rings. The van der Waals surface area contributed by atoms with Crippen molar-refractivity contribution in [3.05, 3.63) is 29.8 Å². The topological polar surface area (TPSA) is 35.6 Å². The highest BCUT2D eigenvalue weighted by atomic mass is 16.2. The summed E-state index contributed by atoms with van der Waals surface area (Å²) in [4.78, 5) is 13.8. The number of hydrogen-bond donors (Lipinski definition) is 1. The van der Waals surface area contributed by atoms with Gasteiger partial charge in [0.1, 0.15) is 0 Å². The molecule has 1 aromatic carbocycles. The molecule has 0 aliphatic carbocycles. The number of nitrogens with one attached hydrogen (secondary N) is 1. The highest BCUT2D eigenvalue weighted by Crippen LogP contribution is 2.33. The third-order valence-electron chi connectivity index (χ3n) is 4.12. The van der Waals surface area contributed by atoms with E-state index in [9.17, 15) is 4.79 Å². The van der Waals surface area contributed by atoms with Crippen molar-refractivity contribution in [1.82, 2.24) is 10.4 Å². The van der Waals surface area contributed by atoms with Crippen LogP contribution in [0.2, 0.25) is 0 Å². The molecule has 1 atom stereocenters. The van der Waals surface area contributed by atoms with Gasteiger partial charge in [-0.1, -0.05) is 24.6 Å². The normalized spacial score (nSPS) is 24.4. The van der Waals surface area contributed by atoms with Crippen LogP contribution in [0.15, 0.2) is 24.3 Å². The minimum atomic E-state index is 0.123. The Morgan fingerprint density at radius 3 is 2.68 bits per heavy atom. The van der Waals surface area contributed by atoms with Gasteiger partial charge in [0.15, 0.2) is 0 Å². The first-order valence-corrected chi connectivity index (χ1v) is 7.12. The molecule has 0 spiro atoms. The first-order valence-electron chi connectivity index (χ1n) is 7.12. The zero-order valence-electron chi connectivity index (χ0n) is 11.4. The zero-order valence-corrected chi connectivity index (χ0v) is 11.4. The van der Waals surface area contributed by atoms with Crippen molar-refractivity contribution >= 4 is 11.6 Å². The summed E-state index contributed by atoms with van der Waals surface area (Å²) in [6.07, 6.45) is 4.36. The number of hydrazine groups is 1. The van der Waals surface area contributed by atoms with Gasteiger partial charge in [-0.25, -0.2) is 10.4 Å². The van der Waals surface area contributed by atoms with E-state index in [1.807, 2.05) is 25.2 Å². The van der Waals surface area contributed by atoms with Gasteiger partial charge in [-0.3, -0.25) is 4.79 Å². The van der Waals surface area contributed by atoms with Crippen LogP contribution in [0.25, 0.3) is 0 Å². The summed E-state index contributed by atoms with van der Waals surface area (Å²) in [5, 5.41) is 2.28. The molecule has 2 aliphatic heterocycles. The highest BCUT2D eigenvalue weighted by molar-refractivity contribution is 5.96. The largest absolute Gasteiger partial charge is 0.315 e. The summed E-state index contributed by atoms with van der Waals surface area (Å²) >= 11 is 0. The number of hydrogen-bond acceptors (Lipinski definition) is 3. The first-order chi connectivity index (χ1) is 9.25. The standard InChI is InChI=1S/C15H21N3O/c1-17-14-8-4-3-7-12(14)13(11-15(17)19)16-18-9-5-2-6-10-18/h3-4,7-8,13,16H,2,5-6,9-11H2,1H3. The molecule has 0 radical (unpaired) electrons. The van der Waals surface area contributed by atoms with Crippen LogP contribution in [0.3, 0.4) is 0 Å². The third-order valence-corrected chi connectivity index (χ3v) is 4.12. The van der Waals surface area contributed by atoms with Gasteiger partial charge in [0.25, 0.3) is 0 Å². The smallest absolute Gasteiger partial charge is 0.228 e. The van der Waals surface area contributed by atoms with Crippen LogP contribution in [0, 0.1) is 0 Å². The molecule has 0 saturated carbocycles. The van der Waals surface area contributed by atoms with Gasteiger partial charge in [-0.05, 0) is 24.5 Å². The van der Waals surface area contributed by atoms with Crippen molar-refractivity contribution in [1.29, 1.82) is 0 Å². The van der Waals surface area contributed by atoms with Crippen molar-refractivity contribution in [2.75, 3.05) is 25.0 Å². The number of carbonyl (C=O) groups excluding carboxylic acids is 1. The molecule has 2 heterocycles. The fourth-order valence-corrected chi connectivity index (χ4v) is 3.00. The summed E-state index contributed by atoms with van der Waals surface area (Å²) in [6, 6.07) is 8.31. The molecule has 1 saturated heterocycles. The minimum Gasteiger partial charge on any atom is -0.315 e. The van der Waals surface area contributed by atoms with E-state index in [0.717, 1.165) is 18.8 Å². The number of carbonyl (C=O) groups is 1. The van der Waals surface area contributed by atoms with Crippen molar-refractivity contribution in [3.63, 3.8) is 0 Å². The van der Waals surface area contributed by atoms with Gasteiger partial charge in [0, 0.05) is 32.2 Å². The Morgan fingerprint density at radius 2 is 1.89 bits per heavy atom. The van der Waals surface area contributed by atoms with E-state index in [1.165, 1.54) is 24.8 Å². The predicted molar refractivity (Wildman–Crippen MR) is 75.8 cm³/mol. The molecule has 102 valence electrons. The molecule has 4 nitrogen and oxygen atoms in total. The van der Waals surface area contributed by atoms with E-state index in [-0.39, 0.29) is 11.9 Å². The van der Waals surface area contributed by atoms with Crippen molar-refractivity contribution in [3.8, 4) is 0 Å². The molecule has 0 aromatic heterocycles. The van der Waals surface area contributed by atoms with Crippen molar-refractivity contribution in [2.45, 2.75) is 31.7 Å². The number of fused-ring (bicyclic) bond motifs is 1. The fraction of sp³-hybridized carbons (Fsp3) is 0.533. The van der Waals surface area contributed by atoms with E-state index in [1.54, 1.807) is 4.90 Å².